The fourth-order valence-electron chi connectivity index (χ4n) is 1.16. The van der Waals surface area contributed by atoms with Gasteiger partial charge in [0.05, 0.1) is 12.7 Å². The van der Waals surface area contributed by atoms with Gasteiger partial charge in [-0.2, -0.15) is 13.2 Å². The monoisotopic (exact) mass is 238 g/mol. The minimum atomic E-state index is -4.86. The molecule has 16 heavy (non-hydrogen) atoms. The lowest BCUT2D eigenvalue weighted by Crippen LogP contribution is -2.32. The molecule has 0 aliphatic rings. The maximum absolute atomic E-state index is 13.0. The van der Waals surface area contributed by atoms with Crippen molar-refractivity contribution in [1.82, 2.24) is 0 Å². The molecule has 2 N–H and O–H groups in total. The summed E-state index contributed by atoms with van der Waals surface area (Å²) in [7, 11) is -1.06. The van der Waals surface area contributed by atoms with E-state index in [0.717, 1.165) is 7.11 Å². The maximum Gasteiger partial charge on any atom is 0.492 e. The minimum absolute atomic E-state index is 0.379. The van der Waals surface area contributed by atoms with Crippen LogP contribution >= 0.6 is 0 Å². The van der Waals surface area contributed by atoms with Crippen LogP contribution in [0.25, 0.3) is 0 Å². The molecular weight excluding hydrogens is 231 g/mol. The lowest BCUT2D eigenvalue weighted by molar-refractivity contribution is -0.140. The van der Waals surface area contributed by atoms with Gasteiger partial charge in [-0.05, 0) is 12.1 Å². The highest BCUT2D eigenvalue weighted by molar-refractivity contribution is 6.59. The van der Waals surface area contributed by atoms with E-state index in [0.29, 0.717) is 12.1 Å². The van der Waals surface area contributed by atoms with E-state index in [1.165, 1.54) is 0 Å². The van der Waals surface area contributed by atoms with Gasteiger partial charge in [0.25, 0.3) is 0 Å². The Morgan fingerprint density at radius 2 is 1.81 bits per heavy atom. The fourth-order valence-corrected chi connectivity index (χ4v) is 1.16. The first kappa shape index (κ1) is 12.8. The molecule has 0 fully saturated rings. The number of rotatable bonds is 2. The molecule has 0 aliphatic heterocycles. The van der Waals surface area contributed by atoms with Crippen LogP contribution in [-0.2, 0) is 6.18 Å². The van der Waals surface area contributed by atoms with E-state index in [1.54, 1.807) is 0 Å². The zero-order chi connectivity index (χ0) is 12.5. The fraction of sp³-hybridized carbons (Fsp3) is 0.250. The summed E-state index contributed by atoms with van der Waals surface area (Å²) in [6, 6.07) is 0.760. The molecule has 0 heterocycles. The molecule has 1 aromatic rings. The van der Waals surface area contributed by atoms with Gasteiger partial charge in [0, 0.05) is 5.46 Å². The third-order valence-corrected chi connectivity index (χ3v) is 1.90. The number of alkyl halides is 3. The van der Waals surface area contributed by atoms with Crippen molar-refractivity contribution in [2.75, 3.05) is 7.11 Å². The van der Waals surface area contributed by atoms with Crippen molar-refractivity contribution < 1.29 is 32.3 Å². The highest BCUT2D eigenvalue weighted by atomic mass is 19.4. The van der Waals surface area contributed by atoms with Crippen LogP contribution in [-0.4, -0.2) is 24.3 Å². The SMILES string of the molecule is COc1cc(C(F)(F)F)c(F)cc1B(O)O. The Hall–Kier alpha value is -1.28. The van der Waals surface area contributed by atoms with Crippen molar-refractivity contribution in [2.45, 2.75) is 6.18 Å². The van der Waals surface area contributed by atoms with Crippen LogP contribution in [0.2, 0.25) is 0 Å². The van der Waals surface area contributed by atoms with Crippen LogP contribution in [0.15, 0.2) is 12.1 Å². The summed E-state index contributed by atoms with van der Waals surface area (Å²) in [6.07, 6.45) is -4.86. The average Bonchev–Trinajstić information content (AvgIpc) is 2.15. The Labute approximate surface area is 88.4 Å². The Bertz CT molecular complexity index is 392. The van der Waals surface area contributed by atoms with E-state index in [2.05, 4.69) is 4.74 Å². The van der Waals surface area contributed by atoms with Gasteiger partial charge in [0.1, 0.15) is 11.6 Å². The van der Waals surface area contributed by atoms with Crippen molar-refractivity contribution in [3.05, 3.63) is 23.5 Å². The number of halogens is 4. The smallest absolute Gasteiger partial charge is 0.492 e. The number of hydrogen-bond donors (Lipinski definition) is 2. The summed E-state index contributed by atoms with van der Waals surface area (Å²) in [6.45, 7) is 0. The molecule has 0 saturated heterocycles. The van der Waals surface area contributed by atoms with Gasteiger partial charge in [-0.25, -0.2) is 4.39 Å². The molecule has 0 amide bonds. The Morgan fingerprint density at radius 3 is 2.19 bits per heavy atom. The first-order valence-electron chi connectivity index (χ1n) is 4.08. The van der Waals surface area contributed by atoms with Crippen LogP contribution in [0.5, 0.6) is 5.75 Å². The van der Waals surface area contributed by atoms with Gasteiger partial charge >= 0.3 is 13.3 Å². The van der Waals surface area contributed by atoms with E-state index >= 15 is 0 Å². The average molecular weight is 238 g/mol. The lowest BCUT2D eigenvalue weighted by Gasteiger charge is -2.13. The third-order valence-electron chi connectivity index (χ3n) is 1.90. The zero-order valence-electron chi connectivity index (χ0n) is 8.05. The summed E-state index contributed by atoms with van der Waals surface area (Å²) in [5.41, 5.74) is -1.98. The first-order chi connectivity index (χ1) is 7.27. The molecule has 1 rings (SSSR count). The van der Waals surface area contributed by atoms with Crippen LogP contribution in [0, 0.1) is 5.82 Å². The van der Waals surface area contributed by atoms with Crippen molar-refractivity contribution in [3.63, 3.8) is 0 Å². The molecule has 0 saturated carbocycles. The number of methoxy groups -OCH3 is 1. The quantitative estimate of drug-likeness (QED) is 0.583. The molecule has 1 aromatic carbocycles. The second kappa shape index (κ2) is 4.30. The van der Waals surface area contributed by atoms with Crippen LogP contribution in [0.3, 0.4) is 0 Å². The van der Waals surface area contributed by atoms with E-state index in [4.69, 9.17) is 10.0 Å². The van der Waals surface area contributed by atoms with Crippen LogP contribution < -0.4 is 10.2 Å². The van der Waals surface area contributed by atoms with Crippen molar-refractivity contribution >= 4 is 12.6 Å². The van der Waals surface area contributed by atoms with Gasteiger partial charge in [0.15, 0.2) is 0 Å². The van der Waals surface area contributed by atoms with Crippen LogP contribution in [0.4, 0.5) is 17.6 Å². The second-order valence-electron chi connectivity index (χ2n) is 2.95. The number of hydrogen-bond acceptors (Lipinski definition) is 3. The molecule has 0 aromatic heterocycles. The van der Waals surface area contributed by atoms with Crippen molar-refractivity contribution in [3.8, 4) is 5.75 Å². The summed E-state index contributed by atoms with van der Waals surface area (Å²) >= 11 is 0. The van der Waals surface area contributed by atoms with Crippen LogP contribution in [0.1, 0.15) is 5.56 Å². The van der Waals surface area contributed by atoms with E-state index < -0.39 is 35.9 Å². The highest BCUT2D eigenvalue weighted by Crippen LogP contribution is 2.32. The summed E-state index contributed by atoms with van der Waals surface area (Å²) in [4.78, 5) is 0. The molecule has 0 radical (unpaired) electrons. The van der Waals surface area contributed by atoms with Gasteiger partial charge in [-0.1, -0.05) is 0 Å². The van der Waals surface area contributed by atoms with Crippen molar-refractivity contribution in [2.24, 2.45) is 0 Å². The second-order valence-corrected chi connectivity index (χ2v) is 2.95. The minimum Gasteiger partial charge on any atom is -0.497 e. The predicted octanol–water partition coefficient (Wildman–Crippen LogP) is 0.533. The molecule has 8 heteroatoms. The third kappa shape index (κ3) is 2.45. The Morgan fingerprint density at radius 1 is 1.25 bits per heavy atom. The molecular formula is C8H7BF4O3. The molecule has 0 bridgehead atoms. The highest BCUT2D eigenvalue weighted by Gasteiger charge is 2.36. The first-order valence-corrected chi connectivity index (χ1v) is 4.08. The number of benzene rings is 1. The van der Waals surface area contributed by atoms with Gasteiger partial charge < -0.3 is 14.8 Å². The Kier molecular flexibility index (Phi) is 3.44. The normalized spacial score (nSPS) is 11.4. The molecule has 0 unspecified atom stereocenters. The van der Waals surface area contributed by atoms with E-state index in [9.17, 15) is 17.6 Å². The summed E-state index contributed by atoms with van der Waals surface area (Å²) < 4.78 is 54.4. The molecule has 0 spiro atoms. The van der Waals surface area contributed by atoms with E-state index in [-0.39, 0.29) is 0 Å². The Balaban J connectivity index is 3.37. The molecule has 0 aliphatic carbocycles. The molecule has 88 valence electrons. The lowest BCUT2D eigenvalue weighted by atomic mass is 9.79. The number of ether oxygens (including phenoxy) is 1. The summed E-state index contributed by atoms with van der Waals surface area (Å²) in [5.74, 6) is -2.03. The summed E-state index contributed by atoms with van der Waals surface area (Å²) in [5, 5.41) is 17.6. The molecule has 3 nitrogen and oxygen atoms in total. The topological polar surface area (TPSA) is 49.7 Å². The van der Waals surface area contributed by atoms with Crippen molar-refractivity contribution in [1.29, 1.82) is 0 Å². The largest absolute Gasteiger partial charge is 0.497 e. The molecule has 0 atom stereocenters. The predicted molar refractivity (Wildman–Crippen MR) is 47.8 cm³/mol. The van der Waals surface area contributed by atoms with Gasteiger partial charge in [-0.15, -0.1) is 0 Å². The van der Waals surface area contributed by atoms with E-state index in [1.807, 2.05) is 0 Å². The van der Waals surface area contributed by atoms with Gasteiger partial charge in [-0.3, -0.25) is 0 Å². The maximum atomic E-state index is 13.0. The standard InChI is InChI=1S/C8H7BF4O3/c1-16-7-2-4(8(11,12)13)6(10)3-5(7)9(14)15/h2-3,14-15H,1H3. The van der Waals surface area contributed by atoms with Gasteiger partial charge in [0.2, 0.25) is 0 Å². The zero-order valence-corrected chi connectivity index (χ0v) is 8.05.